The van der Waals surface area contributed by atoms with Gasteiger partial charge in [0.25, 0.3) is 0 Å². The van der Waals surface area contributed by atoms with Crippen LogP contribution in [-0.4, -0.2) is 11.7 Å². The Kier molecular flexibility index (Phi) is 3.74. The van der Waals surface area contributed by atoms with E-state index in [9.17, 15) is 0 Å². The number of hydrogen-bond acceptors (Lipinski definition) is 2. The van der Waals surface area contributed by atoms with Crippen molar-refractivity contribution in [1.29, 1.82) is 0 Å². The number of benzene rings is 1. The fraction of sp³-hybridized carbons (Fsp3) is 0.231. The van der Waals surface area contributed by atoms with Crippen molar-refractivity contribution in [3.05, 3.63) is 46.7 Å². The second-order valence-electron chi connectivity index (χ2n) is 3.88. The molecule has 0 amide bonds. The number of rotatable bonds is 4. The van der Waals surface area contributed by atoms with Gasteiger partial charge in [0, 0.05) is 36.5 Å². The zero-order valence-corrected chi connectivity index (χ0v) is 11.5. The molecule has 1 heterocycles. The summed E-state index contributed by atoms with van der Waals surface area (Å²) in [6.07, 6.45) is 4.14. The van der Waals surface area contributed by atoms with Crippen LogP contribution in [-0.2, 0) is 13.6 Å². The lowest BCUT2D eigenvalue weighted by Crippen LogP contribution is -1.99. The molecule has 0 aliphatic rings. The molecule has 0 spiro atoms. The summed E-state index contributed by atoms with van der Waals surface area (Å²) >= 11 is 3.52. The molecule has 3 nitrogen and oxygen atoms in total. The van der Waals surface area contributed by atoms with E-state index in [0.717, 1.165) is 22.5 Å². The Morgan fingerprint density at radius 2 is 2.18 bits per heavy atom. The minimum Gasteiger partial charge on any atom is -0.497 e. The smallest absolute Gasteiger partial charge is 0.121 e. The lowest BCUT2D eigenvalue weighted by Gasteiger charge is -2.09. The zero-order valence-electron chi connectivity index (χ0n) is 9.90. The van der Waals surface area contributed by atoms with E-state index in [1.165, 1.54) is 5.56 Å². The molecule has 17 heavy (non-hydrogen) atoms. The number of aryl methyl sites for hydroxylation is 1. The maximum atomic E-state index is 5.20. The third-order valence-corrected chi connectivity index (χ3v) is 3.24. The van der Waals surface area contributed by atoms with Crippen molar-refractivity contribution >= 4 is 21.6 Å². The van der Waals surface area contributed by atoms with Gasteiger partial charge >= 0.3 is 0 Å². The van der Waals surface area contributed by atoms with Crippen LogP contribution in [0.25, 0.3) is 0 Å². The van der Waals surface area contributed by atoms with E-state index in [0.29, 0.717) is 0 Å². The molecule has 0 fully saturated rings. The van der Waals surface area contributed by atoms with Crippen molar-refractivity contribution in [1.82, 2.24) is 4.57 Å². The van der Waals surface area contributed by atoms with Gasteiger partial charge in [-0.05, 0) is 39.7 Å². The highest BCUT2D eigenvalue weighted by molar-refractivity contribution is 9.10. The van der Waals surface area contributed by atoms with E-state index in [2.05, 4.69) is 33.5 Å². The Balaban J connectivity index is 2.07. The van der Waals surface area contributed by atoms with Gasteiger partial charge in [-0.3, -0.25) is 0 Å². The number of hydrogen-bond donors (Lipinski definition) is 1. The van der Waals surface area contributed by atoms with Gasteiger partial charge in [-0.15, -0.1) is 0 Å². The summed E-state index contributed by atoms with van der Waals surface area (Å²) in [5, 5.41) is 3.38. The SMILES string of the molecule is COc1ccc(Br)c(NCc2ccn(C)c2)c1. The molecule has 0 radical (unpaired) electrons. The quantitative estimate of drug-likeness (QED) is 0.935. The van der Waals surface area contributed by atoms with Gasteiger partial charge < -0.3 is 14.6 Å². The Bertz CT molecular complexity index is 508. The average molecular weight is 295 g/mol. The van der Waals surface area contributed by atoms with Gasteiger partial charge in [0.05, 0.1) is 12.8 Å². The molecule has 2 rings (SSSR count). The standard InChI is InChI=1S/C13H15BrN2O/c1-16-6-5-10(9-16)8-15-13-7-11(17-2)3-4-12(13)14/h3-7,9,15H,8H2,1-2H3. The molecule has 0 aliphatic carbocycles. The Hall–Kier alpha value is -1.42. The first-order valence-corrected chi connectivity index (χ1v) is 6.16. The van der Waals surface area contributed by atoms with E-state index >= 15 is 0 Å². The van der Waals surface area contributed by atoms with E-state index in [1.807, 2.05) is 36.0 Å². The van der Waals surface area contributed by atoms with Crippen LogP contribution in [0, 0.1) is 0 Å². The summed E-state index contributed by atoms with van der Waals surface area (Å²) in [5.74, 6) is 0.851. The van der Waals surface area contributed by atoms with Crippen molar-refractivity contribution in [3.63, 3.8) is 0 Å². The second-order valence-corrected chi connectivity index (χ2v) is 4.74. The molecule has 90 valence electrons. The average Bonchev–Trinajstić information content (AvgIpc) is 2.74. The largest absolute Gasteiger partial charge is 0.497 e. The molecule has 0 bridgehead atoms. The van der Waals surface area contributed by atoms with Crippen molar-refractivity contribution < 1.29 is 4.74 Å². The monoisotopic (exact) mass is 294 g/mol. The van der Waals surface area contributed by atoms with Crippen molar-refractivity contribution in [2.45, 2.75) is 6.54 Å². The normalized spacial score (nSPS) is 10.3. The molecule has 0 saturated heterocycles. The third kappa shape index (κ3) is 3.03. The molecule has 4 heteroatoms. The van der Waals surface area contributed by atoms with Crippen LogP contribution in [0.15, 0.2) is 41.1 Å². The van der Waals surface area contributed by atoms with Crippen LogP contribution in [0.3, 0.4) is 0 Å². The molecule has 0 saturated carbocycles. The number of anilines is 1. The fourth-order valence-electron chi connectivity index (χ4n) is 1.63. The first-order chi connectivity index (χ1) is 8.19. The van der Waals surface area contributed by atoms with E-state index in [1.54, 1.807) is 7.11 Å². The van der Waals surface area contributed by atoms with Crippen molar-refractivity contribution in [2.24, 2.45) is 7.05 Å². The van der Waals surface area contributed by atoms with Gasteiger partial charge in [0.1, 0.15) is 5.75 Å². The van der Waals surface area contributed by atoms with Gasteiger partial charge in [0.15, 0.2) is 0 Å². The maximum absolute atomic E-state index is 5.20. The van der Waals surface area contributed by atoms with Crippen LogP contribution in [0.4, 0.5) is 5.69 Å². The number of aromatic nitrogens is 1. The first-order valence-electron chi connectivity index (χ1n) is 5.37. The molecular weight excluding hydrogens is 280 g/mol. The highest BCUT2D eigenvalue weighted by Gasteiger charge is 2.02. The highest BCUT2D eigenvalue weighted by atomic mass is 79.9. The predicted octanol–water partition coefficient (Wildman–Crippen LogP) is 3.41. The van der Waals surface area contributed by atoms with Gasteiger partial charge in [0.2, 0.25) is 0 Å². The number of halogens is 1. The minimum atomic E-state index is 0.798. The van der Waals surface area contributed by atoms with Gasteiger partial charge in [-0.2, -0.15) is 0 Å². The molecule has 0 unspecified atom stereocenters. The van der Waals surface area contributed by atoms with Crippen LogP contribution < -0.4 is 10.1 Å². The maximum Gasteiger partial charge on any atom is 0.121 e. The third-order valence-electron chi connectivity index (χ3n) is 2.55. The summed E-state index contributed by atoms with van der Waals surface area (Å²) in [4.78, 5) is 0. The number of nitrogens with one attached hydrogen (secondary N) is 1. The van der Waals surface area contributed by atoms with Gasteiger partial charge in [-0.25, -0.2) is 0 Å². The topological polar surface area (TPSA) is 26.2 Å². The minimum absolute atomic E-state index is 0.798. The molecule has 1 N–H and O–H groups in total. The highest BCUT2D eigenvalue weighted by Crippen LogP contribution is 2.27. The summed E-state index contributed by atoms with van der Waals surface area (Å²) in [6.45, 7) is 0.798. The summed E-state index contributed by atoms with van der Waals surface area (Å²) in [5.41, 5.74) is 2.29. The van der Waals surface area contributed by atoms with Crippen LogP contribution in [0.5, 0.6) is 5.75 Å². The molecular formula is C13H15BrN2O. The van der Waals surface area contributed by atoms with Crippen molar-refractivity contribution in [3.8, 4) is 5.75 Å². The summed E-state index contributed by atoms with van der Waals surface area (Å²) in [6, 6.07) is 7.98. The van der Waals surface area contributed by atoms with Gasteiger partial charge in [-0.1, -0.05) is 0 Å². The lowest BCUT2D eigenvalue weighted by molar-refractivity contribution is 0.415. The van der Waals surface area contributed by atoms with Crippen molar-refractivity contribution in [2.75, 3.05) is 12.4 Å². The Morgan fingerprint density at radius 3 is 2.82 bits per heavy atom. The molecule has 1 aromatic heterocycles. The van der Waals surface area contributed by atoms with E-state index in [-0.39, 0.29) is 0 Å². The molecule has 1 aromatic carbocycles. The van der Waals surface area contributed by atoms with Crippen LogP contribution in [0.1, 0.15) is 5.56 Å². The number of nitrogens with zero attached hydrogens (tertiary/aromatic N) is 1. The van der Waals surface area contributed by atoms with E-state index < -0.39 is 0 Å². The number of ether oxygens (including phenoxy) is 1. The zero-order chi connectivity index (χ0) is 12.3. The lowest BCUT2D eigenvalue weighted by atomic mass is 10.2. The van der Waals surface area contributed by atoms with E-state index in [4.69, 9.17) is 4.74 Å². The molecule has 0 aliphatic heterocycles. The molecule has 2 aromatic rings. The van der Waals surface area contributed by atoms with Crippen LogP contribution >= 0.6 is 15.9 Å². The Morgan fingerprint density at radius 1 is 1.35 bits per heavy atom. The summed E-state index contributed by atoms with van der Waals surface area (Å²) < 4.78 is 8.28. The second kappa shape index (κ2) is 5.27. The number of methoxy groups -OCH3 is 1. The molecule has 0 atom stereocenters. The summed E-state index contributed by atoms with van der Waals surface area (Å²) in [7, 11) is 3.69. The predicted molar refractivity (Wildman–Crippen MR) is 73.4 cm³/mol. The fourth-order valence-corrected chi connectivity index (χ4v) is 2.02. The van der Waals surface area contributed by atoms with Crippen LogP contribution in [0.2, 0.25) is 0 Å². The first kappa shape index (κ1) is 12.0. The Labute approximate surface area is 110 Å².